The van der Waals surface area contributed by atoms with Crippen LogP contribution >= 0.6 is 0 Å². The lowest BCUT2D eigenvalue weighted by atomic mass is 9.93. The highest BCUT2D eigenvalue weighted by Crippen LogP contribution is 2.16. The van der Waals surface area contributed by atoms with Gasteiger partial charge in [-0.25, -0.2) is 0 Å². The van der Waals surface area contributed by atoms with Crippen molar-refractivity contribution in [1.82, 2.24) is 0 Å². The Labute approximate surface area is 111 Å². The van der Waals surface area contributed by atoms with E-state index in [0.29, 0.717) is 5.92 Å². The topological polar surface area (TPSA) is 43.1 Å². The maximum absolute atomic E-state index is 11.1. The minimum absolute atomic E-state index is 0.0979. The van der Waals surface area contributed by atoms with Crippen molar-refractivity contribution in [3.63, 3.8) is 0 Å². The Kier molecular flexibility index (Phi) is 6.06. The average Bonchev–Trinajstić information content (AvgIpc) is 2.31. The van der Waals surface area contributed by atoms with Gasteiger partial charge in [0.05, 0.1) is 6.04 Å². The quantitative estimate of drug-likeness (QED) is 0.803. The summed E-state index contributed by atoms with van der Waals surface area (Å²) in [6, 6.07) is 8.25. The smallest absolute Gasteiger partial charge is 0.146 e. The first-order valence-electron chi connectivity index (χ1n) is 6.81. The number of carbonyl (C=O) groups excluding carboxylic acids is 1. The molecule has 0 heterocycles. The molecular formula is C16H25NO. The third-order valence-electron chi connectivity index (χ3n) is 3.58. The molecule has 0 aliphatic carbocycles. The first kappa shape index (κ1) is 14.9. The van der Waals surface area contributed by atoms with Gasteiger partial charge in [-0.15, -0.1) is 0 Å². The largest absolute Gasteiger partial charge is 0.322 e. The molecule has 2 heteroatoms. The van der Waals surface area contributed by atoms with Gasteiger partial charge in [0.1, 0.15) is 5.78 Å². The van der Waals surface area contributed by atoms with Crippen LogP contribution in [0, 0.1) is 12.8 Å². The Morgan fingerprint density at radius 3 is 2.61 bits per heavy atom. The van der Waals surface area contributed by atoms with E-state index in [2.05, 4.69) is 38.1 Å². The van der Waals surface area contributed by atoms with Gasteiger partial charge in [-0.2, -0.15) is 0 Å². The van der Waals surface area contributed by atoms with E-state index in [4.69, 9.17) is 5.73 Å². The highest BCUT2D eigenvalue weighted by molar-refractivity contribution is 5.81. The molecule has 18 heavy (non-hydrogen) atoms. The van der Waals surface area contributed by atoms with Crippen LogP contribution < -0.4 is 5.73 Å². The summed E-state index contributed by atoms with van der Waals surface area (Å²) in [5.41, 5.74) is 8.57. The predicted octanol–water partition coefficient (Wildman–Crippen LogP) is 3.26. The molecule has 0 radical (unpaired) electrons. The van der Waals surface area contributed by atoms with Crippen molar-refractivity contribution in [2.45, 2.75) is 52.5 Å². The van der Waals surface area contributed by atoms with Crippen molar-refractivity contribution in [3.05, 3.63) is 35.4 Å². The minimum atomic E-state index is -0.279. The molecule has 0 aliphatic rings. The lowest BCUT2D eigenvalue weighted by Crippen LogP contribution is -2.30. The van der Waals surface area contributed by atoms with E-state index < -0.39 is 0 Å². The molecule has 0 aliphatic heterocycles. The number of ketones is 1. The van der Waals surface area contributed by atoms with Gasteiger partial charge in [-0.3, -0.25) is 4.79 Å². The van der Waals surface area contributed by atoms with Gasteiger partial charge < -0.3 is 5.73 Å². The summed E-state index contributed by atoms with van der Waals surface area (Å²) in [6.45, 7) is 5.91. The Morgan fingerprint density at radius 1 is 1.33 bits per heavy atom. The summed E-state index contributed by atoms with van der Waals surface area (Å²) in [6.07, 6.45) is 4.22. The molecule has 0 saturated heterocycles. The van der Waals surface area contributed by atoms with Gasteiger partial charge >= 0.3 is 0 Å². The Balaban J connectivity index is 2.30. The Hall–Kier alpha value is -1.15. The molecule has 2 N–H and O–H groups in total. The first-order valence-corrected chi connectivity index (χ1v) is 6.81. The molecule has 0 bridgehead atoms. The number of Topliss-reactive ketones (excluding diaryl/α,β-unsaturated/α-hetero) is 1. The third kappa shape index (κ3) is 5.01. The summed E-state index contributed by atoms with van der Waals surface area (Å²) >= 11 is 0. The van der Waals surface area contributed by atoms with Crippen molar-refractivity contribution >= 4 is 5.78 Å². The van der Waals surface area contributed by atoms with E-state index in [0.717, 1.165) is 25.7 Å². The van der Waals surface area contributed by atoms with E-state index in [1.807, 2.05) is 0 Å². The molecule has 1 aromatic carbocycles. The second-order valence-electron chi connectivity index (χ2n) is 5.38. The molecule has 0 amide bonds. The zero-order valence-electron chi connectivity index (χ0n) is 11.8. The zero-order valence-corrected chi connectivity index (χ0v) is 11.8. The lowest BCUT2D eigenvalue weighted by molar-refractivity contribution is -0.118. The van der Waals surface area contributed by atoms with Crippen molar-refractivity contribution in [2.75, 3.05) is 0 Å². The zero-order chi connectivity index (χ0) is 13.5. The molecule has 1 aromatic rings. The van der Waals surface area contributed by atoms with Crippen LogP contribution in [-0.2, 0) is 11.2 Å². The van der Waals surface area contributed by atoms with Crippen LogP contribution in [0.5, 0.6) is 0 Å². The van der Waals surface area contributed by atoms with E-state index in [9.17, 15) is 4.79 Å². The molecule has 2 atom stereocenters. The van der Waals surface area contributed by atoms with Crippen LogP contribution in [0.2, 0.25) is 0 Å². The van der Waals surface area contributed by atoms with E-state index in [1.54, 1.807) is 6.92 Å². The van der Waals surface area contributed by atoms with Crippen molar-refractivity contribution in [3.8, 4) is 0 Å². The highest BCUT2D eigenvalue weighted by Gasteiger charge is 2.12. The predicted molar refractivity (Wildman–Crippen MR) is 76.6 cm³/mol. The van der Waals surface area contributed by atoms with Crippen LogP contribution in [0.15, 0.2) is 24.3 Å². The van der Waals surface area contributed by atoms with Gasteiger partial charge in [0.25, 0.3) is 0 Å². The van der Waals surface area contributed by atoms with Crippen molar-refractivity contribution in [1.29, 1.82) is 0 Å². The van der Waals surface area contributed by atoms with Crippen molar-refractivity contribution < 1.29 is 4.79 Å². The van der Waals surface area contributed by atoms with Gasteiger partial charge in [0.15, 0.2) is 0 Å². The van der Waals surface area contributed by atoms with Gasteiger partial charge in [-0.05, 0) is 50.2 Å². The molecule has 0 unspecified atom stereocenters. The molecular weight excluding hydrogens is 222 g/mol. The number of hydrogen-bond acceptors (Lipinski definition) is 2. The van der Waals surface area contributed by atoms with Crippen LogP contribution in [-0.4, -0.2) is 11.8 Å². The number of carbonyl (C=O) groups is 1. The van der Waals surface area contributed by atoms with Gasteiger partial charge in [0, 0.05) is 0 Å². The lowest BCUT2D eigenvalue weighted by Gasteiger charge is -2.15. The number of nitrogens with two attached hydrogens (primary N) is 1. The van der Waals surface area contributed by atoms with Crippen LogP contribution in [0.3, 0.4) is 0 Å². The fraction of sp³-hybridized carbons (Fsp3) is 0.562. The SMILES string of the molecule is CC(=O)[C@@H](N)C[C@@H](C)CCCc1ccccc1C. The maximum Gasteiger partial charge on any atom is 0.146 e. The van der Waals surface area contributed by atoms with Gasteiger partial charge in [0.2, 0.25) is 0 Å². The van der Waals surface area contributed by atoms with E-state index >= 15 is 0 Å². The van der Waals surface area contributed by atoms with Crippen molar-refractivity contribution in [2.24, 2.45) is 11.7 Å². The number of benzene rings is 1. The normalized spacial score (nSPS) is 14.2. The molecule has 1 rings (SSSR count). The van der Waals surface area contributed by atoms with E-state index in [-0.39, 0.29) is 11.8 Å². The number of rotatable bonds is 7. The summed E-state index contributed by atoms with van der Waals surface area (Å²) in [4.78, 5) is 11.1. The third-order valence-corrected chi connectivity index (χ3v) is 3.58. The highest BCUT2D eigenvalue weighted by atomic mass is 16.1. The van der Waals surface area contributed by atoms with Gasteiger partial charge in [-0.1, -0.05) is 37.6 Å². The molecule has 0 spiro atoms. The summed E-state index contributed by atoms with van der Waals surface area (Å²) < 4.78 is 0. The Bertz CT molecular complexity index is 386. The van der Waals surface area contributed by atoms with Crippen LogP contribution in [0.25, 0.3) is 0 Å². The molecule has 0 saturated carbocycles. The molecule has 0 fully saturated rings. The monoisotopic (exact) mass is 247 g/mol. The number of aryl methyl sites for hydroxylation is 2. The maximum atomic E-state index is 11.1. The summed E-state index contributed by atoms with van der Waals surface area (Å²) in [5.74, 6) is 0.619. The summed E-state index contributed by atoms with van der Waals surface area (Å²) in [5, 5.41) is 0. The summed E-state index contributed by atoms with van der Waals surface area (Å²) in [7, 11) is 0. The second kappa shape index (κ2) is 7.32. The fourth-order valence-electron chi connectivity index (χ4n) is 2.25. The number of hydrogen-bond donors (Lipinski definition) is 1. The first-order chi connectivity index (χ1) is 8.50. The fourth-order valence-corrected chi connectivity index (χ4v) is 2.25. The van der Waals surface area contributed by atoms with Crippen LogP contribution in [0.4, 0.5) is 0 Å². The molecule has 2 nitrogen and oxygen atoms in total. The minimum Gasteiger partial charge on any atom is -0.322 e. The standard InChI is InChI=1S/C16H25NO/c1-12(11-16(17)14(3)18)7-6-10-15-9-5-4-8-13(15)2/h4-5,8-9,12,16H,6-7,10-11,17H2,1-3H3/t12-,16-/m0/s1. The molecule has 0 aromatic heterocycles. The average molecular weight is 247 g/mol. The second-order valence-corrected chi connectivity index (χ2v) is 5.38. The van der Waals surface area contributed by atoms with Crippen LogP contribution in [0.1, 0.15) is 44.2 Å². The molecule has 100 valence electrons. The Morgan fingerprint density at radius 2 is 2.00 bits per heavy atom. The van der Waals surface area contributed by atoms with E-state index in [1.165, 1.54) is 11.1 Å².